The van der Waals surface area contributed by atoms with Crippen molar-refractivity contribution in [3.63, 3.8) is 0 Å². The van der Waals surface area contributed by atoms with E-state index in [1.165, 1.54) is 0 Å². The van der Waals surface area contributed by atoms with Crippen LogP contribution in [0.3, 0.4) is 0 Å². The average Bonchev–Trinajstić information content (AvgIpc) is 2.66. The van der Waals surface area contributed by atoms with Gasteiger partial charge in [0.15, 0.2) is 0 Å². The predicted octanol–water partition coefficient (Wildman–Crippen LogP) is 4.30. The number of benzene rings is 1. The predicted molar refractivity (Wildman–Crippen MR) is 74.7 cm³/mol. The van der Waals surface area contributed by atoms with Crippen molar-refractivity contribution in [1.82, 2.24) is 4.57 Å². The molecule has 0 aliphatic carbocycles. The Morgan fingerprint density at radius 2 is 2.00 bits per heavy atom. The summed E-state index contributed by atoms with van der Waals surface area (Å²) in [6.07, 6.45) is 1.56. The highest BCUT2D eigenvalue weighted by Crippen LogP contribution is 2.24. The van der Waals surface area contributed by atoms with Crippen molar-refractivity contribution in [2.75, 3.05) is 0 Å². The molecule has 0 unspecified atom stereocenters. The zero-order chi connectivity index (χ0) is 13.3. The molecule has 1 heterocycles. The van der Waals surface area contributed by atoms with E-state index >= 15 is 0 Å². The van der Waals surface area contributed by atoms with Crippen LogP contribution in [0.2, 0.25) is 10.0 Å². The van der Waals surface area contributed by atoms with Gasteiger partial charge >= 0.3 is 5.97 Å². The third-order valence-corrected chi connectivity index (χ3v) is 3.85. The first-order chi connectivity index (χ1) is 8.47. The third-order valence-electron chi connectivity index (χ3n) is 2.43. The van der Waals surface area contributed by atoms with Gasteiger partial charge in [-0.1, -0.05) is 29.3 Å². The summed E-state index contributed by atoms with van der Waals surface area (Å²) in [6, 6.07) is 6.88. The van der Waals surface area contributed by atoms with Crippen molar-refractivity contribution in [2.24, 2.45) is 0 Å². The van der Waals surface area contributed by atoms with E-state index in [4.69, 9.17) is 28.3 Å². The minimum atomic E-state index is -0.955. The molecule has 0 aliphatic rings. The number of halogens is 3. The molecular weight excluding hydrogens is 341 g/mol. The number of carbonyl (C=O) groups is 1. The molecule has 0 spiro atoms. The van der Waals surface area contributed by atoms with Gasteiger partial charge in [0.05, 0.1) is 20.2 Å². The molecule has 1 aromatic carbocycles. The molecule has 18 heavy (non-hydrogen) atoms. The van der Waals surface area contributed by atoms with Crippen molar-refractivity contribution in [3.05, 3.63) is 56.2 Å². The minimum Gasteiger partial charge on any atom is -0.478 e. The first kappa shape index (κ1) is 13.5. The van der Waals surface area contributed by atoms with E-state index in [0.717, 1.165) is 5.56 Å². The molecule has 1 N–H and O–H groups in total. The van der Waals surface area contributed by atoms with Gasteiger partial charge in [-0.2, -0.15) is 0 Å². The Bertz CT molecular complexity index is 610. The Labute approximate surface area is 122 Å². The lowest BCUT2D eigenvalue weighted by molar-refractivity contribution is 0.0697. The van der Waals surface area contributed by atoms with Gasteiger partial charge in [0.2, 0.25) is 0 Å². The SMILES string of the molecule is O=C(O)c1cc(Br)n(Cc2ccc(Cl)c(Cl)c2)c1. The number of nitrogens with zero attached hydrogens (tertiary/aromatic N) is 1. The molecule has 0 fully saturated rings. The number of hydrogen-bond donors (Lipinski definition) is 1. The summed E-state index contributed by atoms with van der Waals surface area (Å²) in [5.74, 6) is -0.955. The molecule has 3 nitrogen and oxygen atoms in total. The molecule has 0 aliphatic heterocycles. The standard InChI is InChI=1S/C12H8BrCl2NO2/c13-11-4-8(12(17)18)6-16(11)5-7-1-2-9(14)10(15)3-7/h1-4,6H,5H2,(H,17,18). The van der Waals surface area contributed by atoms with E-state index in [1.807, 2.05) is 6.07 Å². The second-order valence-electron chi connectivity index (χ2n) is 3.73. The van der Waals surface area contributed by atoms with Crippen LogP contribution in [-0.4, -0.2) is 15.6 Å². The summed E-state index contributed by atoms with van der Waals surface area (Å²) >= 11 is 15.1. The summed E-state index contributed by atoms with van der Waals surface area (Å²) < 4.78 is 2.48. The van der Waals surface area contributed by atoms with E-state index in [1.54, 1.807) is 29.0 Å². The molecule has 2 aromatic rings. The molecule has 0 saturated carbocycles. The highest BCUT2D eigenvalue weighted by Gasteiger charge is 2.10. The monoisotopic (exact) mass is 347 g/mol. The first-order valence-corrected chi connectivity index (χ1v) is 6.55. The highest BCUT2D eigenvalue weighted by molar-refractivity contribution is 9.10. The van der Waals surface area contributed by atoms with Crippen LogP contribution in [0.1, 0.15) is 15.9 Å². The van der Waals surface area contributed by atoms with Crippen LogP contribution in [0.5, 0.6) is 0 Å². The first-order valence-electron chi connectivity index (χ1n) is 5.00. The second kappa shape index (κ2) is 5.34. The van der Waals surface area contributed by atoms with Gasteiger partial charge < -0.3 is 9.67 Å². The van der Waals surface area contributed by atoms with E-state index in [2.05, 4.69) is 15.9 Å². The van der Waals surface area contributed by atoms with Crippen molar-refractivity contribution in [3.8, 4) is 0 Å². The van der Waals surface area contributed by atoms with Crippen LogP contribution in [0, 0.1) is 0 Å². The Morgan fingerprint density at radius 3 is 2.56 bits per heavy atom. The minimum absolute atomic E-state index is 0.238. The number of carboxylic acid groups (broad SMARTS) is 1. The Kier molecular flexibility index (Phi) is 4.00. The van der Waals surface area contributed by atoms with Crippen LogP contribution < -0.4 is 0 Å². The Balaban J connectivity index is 2.28. The number of carboxylic acids is 1. The van der Waals surface area contributed by atoms with Gasteiger partial charge in [0, 0.05) is 12.7 Å². The summed E-state index contributed by atoms with van der Waals surface area (Å²) in [4.78, 5) is 10.8. The maximum Gasteiger partial charge on any atom is 0.337 e. The molecule has 0 atom stereocenters. The fourth-order valence-electron chi connectivity index (χ4n) is 1.55. The van der Waals surface area contributed by atoms with E-state index in [-0.39, 0.29) is 5.56 Å². The van der Waals surface area contributed by atoms with Crippen molar-refractivity contribution >= 4 is 45.1 Å². The topological polar surface area (TPSA) is 42.2 Å². The van der Waals surface area contributed by atoms with Crippen LogP contribution >= 0.6 is 39.1 Å². The molecular formula is C12H8BrCl2NO2. The van der Waals surface area contributed by atoms with Crippen molar-refractivity contribution < 1.29 is 9.90 Å². The quantitative estimate of drug-likeness (QED) is 0.898. The number of aromatic carboxylic acids is 1. The van der Waals surface area contributed by atoms with Gasteiger partial charge in [0.1, 0.15) is 0 Å². The zero-order valence-electron chi connectivity index (χ0n) is 9.03. The number of aromatic nitrogens is 1. The number of rotatable bonds is 3. The summed E-state index contributed by atoms with van der Waals surface area (Å²) in [6.45, 7) is 0.519. The second-order valence-corrected chi connectivity index (χ2v) is 5.36. The van der Waals surface area contributed by atoms with Crippen molar-refractivity contribution in [2.45, 2.75) is 6.54 Å². The fourth-order valence-corrected chi connectivity index (χ4v) is 2.35. The molecule has 2 rings (SSSR count). The molecule has 1 aromatic heterocycles. The third kappa shape index (κ3) is 2.88. The zero-order valence-corrected chi connectivity index (χ0v) is 12.1. The largest absolute Gasteiger partial charge is 0.478 e. The van der Waals surface area contributed by atoms with Gasteiger partial charge in [-0.3, -0.25) is 0 Å². The van der Waals surface area contributed by atoms with E-state index in [0.29, 0.717) is 21.2 Å². The molecule has 94 valence electrons. The van der Waals surface area contributed by atoms with Crippen LogP contribution in [0.4, 0.5) is 0 Å². The van der Waals surface area contributed by atoms with E-state index < -0.39 is 5.97 Å². The number of hydrogen-bond acceptors (Lipinski definition) is 1. The maximum absolute atomic E-state index is 10.8. The molecule has 6 heteroatoms. The summed E-state index contributed by atoms with van der Waals surface area (Å²) in [5, 5.41) is 9.88. The maximum atomic E-state index is 10.8. The average molecular weight is 349 g/mol. The lowest BCUT2D eigenvalue weighted by Crippen LogP contribution is -1.99. The lowest BCUT2D eigenvalue weighted by atomic mass is 10.2. The summed E-state index contributed by atoms with van der Waals surface area (Å²) in [5.41, 5.74) is 1.18. The molecule has 0 saturated heterocycles. The highest BCUT2D eigenvalue weighted by atomic mass is 79.9. The van der Waals surface area contributed by atoms with Crippen LogP contribution in [-0.2, 0) is 6.54 Å². The fraction of sp³-hybridized carbons (Fsp3) is 0.0833. The summed E-state index contributed by atoms with van der Waals surface area (Å²) in [7, 11) is 0. The molecule has 0 radical (unpaired) electrons. The Morgan fingerprint density at radius 1 is 1.28 bits per heavy atom. The van der Waals surface area contributed by atoms with Crippen LogP contribution in [0.15, 0.2) is 35.1 Å². The molecule has 0 bridgehead atoms. The Hall–Kier alpha value is -0.970. The van der Waals surface area contributed by atoms with E-state index in [9.17, 15) is 4.79 Å². The van der Waals surface area contributed by atoms with Crippen molar-refractivity contribution in [1.29, 1.82) is 0 Å². The molecule has 0 amide bonds. The van der Waals surface area contributed by atoms with Gasteiger partial charge in [-0.05, 0) is 39.7 Å². The van der Waals surface area contributed by atoms with Crippen LogP contribution in [0.25, 0.3) is 0 Å². The lowest BCUT2D eigenvalue weighted by Gasteiger charge is -2.06. The van der Waals surface area contributed by atoms with Gasteiger partial charge in [-0.25, -0.2) is 4.79 Å². The smallest absolute Gasteiger partial charge is 0.337 e. The van der Waals surface area contributed by atoms with Gasteiger partial charge in [-0.15, -0.1) is 0 Å². The normalized spacial score (nSPS) is 10.6. The van der Waals surface area contributed by atoms with Gasteiger partial charge in [0.25, 0.3) is 0 Å².